The summed E-state index contributed by atoms with van der Waals surface area (Å²) in [7, 11) is -2.31. The van der Waals surface area contributed by atoms with E-state index < -0.39 is 27.5 Å². The molecule has 0 spiro atoms. The SMILES string of the molecule is COCCNc1c(S(C)(=O)=O)ccc(NC(=O)[C@@](C)(O)C(F)(F)F)c1Cl. The molecule has 0 saturated heterocycles. The lowest BCUT2D eigenvalue weighted by atomic mass is 10.1. The van der Waals surface area contributed by atoms with E-state index in [0.29, 0.717) is 6.92 Å². The number of hydrogen-bond acceptors (Lipinski definition) is 6. The molecule has 0 heterocycles. The van der Waals surface area contributed by atoms with E-state index in [9.17, 15) is 31.5 Å². The van der Waals surface area contributed by atoms with Crippen LogP contribution in [-0.4, -0.2) is 57.7 Å². The Morgan fingerprint density at radius 3 is 2.38 bits per heavy atom. The monoisotopic (exact) mass is 418 g/mol. The van der Waals surface area contributed by atoms with Crippen molar-refractivity contribution in [2.24, 2.45) is 0 Å². The van der Waals surface area contributed by atoms with Gasteiger partial charge in [0.05, 0.1) is 27.9 Å². The van der Waals surface area contributed by atoms with Gasteiger partial charge >= 0.3 is 6.18 Å². The minimum absolute atomic E-state index is 0.101. The van der Waals surface area contributed by atoms with E-state index in [1.807, 2.05) is 5.32 Å². The molecule has 1 aromatic carbocycles. The molecule has 0 saturated carbocycles. The zero-order valence-electron chi connectivity index (χ0n) is 14.1. The van der Waals surface area contributed by atoms with Crippen molar-refractivity contribution in [1.82, 2.24) is 0 Å². The summed E-state index contributed by atoms with van der Waals surface area (Å²) in [5.74, 6) is -1.76. The first kappa shape index (κ1) is 22.5. The number of carbonyl (C=O) groups excluding carboxylic acids is 1. The van der Waals surface area contributed by atoms with E-state index in [4.69, 9.17) is 16.3 Å². The molecule has 0 aliphatic heterocycles. The van der Waals surface area contributed by atoms with Gasteiger partial charge in [-0.1, -0.05) is 11.6 Å². The van der Waals surface area contributed by atoms with E-state index in [-0.39, 0.29) is 34.4 Å². The quantitative estimate of drug-likeness (QED) is 0.585. The number of ether oxygens (including phenoxy) is 1. The second-order valence-electron chi connectivity index (χ2n) is 5.52. The Kier molecular flexibility index (Phi) is 6.91. The van der Waals surface area contributed by atoms with Gasteiger partial charge < -0.3 is 20.5 Å². The van der Waals surface area contributed by atoms with Crippen LogP contribution < -0.4 is 10.6 Å². The number of rotatable bonds is 7. The number of anilines is 2. The molecule has 148 valence electrons. The van der Waals surface area contributed by atoms with E-state index >= 15 is 0 Å². The Hall–Kier alpha value is -1.56. The summed E-state index contributed by atoms with van der Waals surface area (Å²) >= 11 is 6.06. The first-order valence-corrected chi connectivity index (χ1v) is 9.36. The molecule has 3 N–H and O–H groups in total. The Labute approximate surface area is 153 Å². The molecule has 0 bridgehead atoms. The first-order chi connectivity index (χ1) is 11.7. The van der Waals surface area contributed by atoms with Crippen molar-refractivity contribution >= 4 is 38.7 Å². The lowest BCUT2D eigenvalue weighted by Gasteiger charge is -2.25. The number of amides is 1. The molecule has 0 fully saturated rings. The van der Waals surface area contributed by atoms with Crippen molar-refractivity contribution in [3.05, 3.63) is 17.2 Å². The maximum Gasteiger partial charge on any atom is 0.426 e. The number of aliphatic hydroxyl groups is 1. The average molecular weight is 419 g/mol. The minimum Gasteiger partial charge on any atom is -0.383 e. The standard InChI is InChI=1S/C14H18ClF3N2O5S/c1-13(22,14(16,17)18)12(21)20-8-4-5-9(26(3,23)24)11(10(8)15)19-6-7-25-2/h4-5,19,22H,6-7H2,1-3H3,(H,20,21)/t13-/m1/s1. The Bertz CT molecular complexity index is 782. The number of halogens is 4. The van der Waals surface area contributed by atoms with Crippen molar-refractivity contribution < 1.29 is 36.2 Å². The third-order valence-corrected chi connectivity index (χ3v) is 4.89. The number of carbonyl (C=O) groups is 1. The third-order valence-electron chi connectivity index (χ3n) is 3.35. The van der Waals surface area contributed by atoms with E-state index in [1.54, 1.807) is 0 Å². The molecule has 0 radical (unpaired) electrons. The summed E-state index contributed by atoms with van der Waals surface area (Å²) in [6.07, 6.45) is -4.29. The molecule has 0 aliphatic carbocycles. The molecule has 12 heteroatoms. The van der Waals surface area contributed by atoms with Gasteiger partial charge in [-0.3, -0.25) is 4.79 Å². The van der Waals surface area contributed by atoms with Gasteiger partial charge in [-0.05, 0) is 19.1 Å². The van der Waals surface area contributed by atoms with Crippen LogP contribution in [0.4, 0.5) is 24.5 Å². The van der Waals surface area contributed by atoms with Gasteiger partial charge in [-0.25, -0.2) is 8.42 Å². The molecule has 1 aromatic rings. The second kappa shape index (κ2) is 7.99. The van der Waals surface area contributed by atoms with Crippen LogP contribution in [0.25, 0.3) is 0 Å². The lowest BCUT2D eigenvalue weighted by Crippen LogP contribution is -2.52. The molecular weight excluding hydrogens is 401 g/mol. The van der Waals surface area contributed by atoms with Crippen LogP contribution in [0.1, 0.15) is 6.92 Å². The molecule has 0 unspecified atom stereocenters. The molecular formula is C14H18ClF3N2O5S. The maximum atomic E-state index is 12.7. The van der Waals surface area contributed by atoms with Gasteiger partial charge in [-0.15, -0.1) is 0 Å². The van der Waals surface area contributed by atoms with Crippen LogP contribution >= 0.6 is 11.6 Å². The summed E-state index contributed by atoms with van der Waals surface area (Å²) in [6.45, 7) is 0.633. The number of sulfone groups is 1. The zero-order valence-corrected chi connectivity index (χ0v) is 15.6. The molecule has 26 heavy (non-hydrogen) atoms. The lowest BCUT2D eigenvalue weighted by molar-refractivity contribution is -0.242. The van der Waals surface area contributed by atoms with Crippen molar-refractivity contribution in [1.29, 1.82) is 0 Å². The van der Waals surface area contributed by atoms with E-state index in [1.165, 1.54) is 7.11 Å². The highest BCUT2D eigenvalue weighted by atomic mass is 35.5. The van der Waals surface area contributed by atoms with E-state index in [0.717, 1.165) is 18.4 Å². The summed E-state index contributed by atoms with van der Waals surface area (Å²) in [4.78, 5) is 11.6. The molecule has 1 atom stereocenters. The fourth-order valence-electron chi connectivity index (χ4n) is 1.78. The molecule has 7 nitrogen and oxygen atoms in total. The van der Waals surface area contributed by atoms with Gasteiger partial charge in [0.2, 0.25) is 5.60 Å². The summed E-state index contributed by atoms with van der Waals surface area (Å²) in [5.41, 5.74) is -4.06. The van der Waals surface area contributed by atoms with Crippen LogP contribution in [-0.2, 0) is 19.4 Å². The third kappa shape index (κ3) is 5.00. The van der Waals surface area contributed by atoms with Crippen LogP contribution in [0.5, 0.6) is 0 Å². The average Bonchev–Trinajstić information content (AvgIpc) is 2.48. The number of hydrogen-bond donors (Lipinski definition) is 3. The number of alkyl halides is 3. The Balaban J connectivity index is 3.30. The van der Waals surface area contributed by atoms with Crippen LogP contribution in [0.3, 0.4) is 0 Å². The second-order valence-corrected chi connectivity index (χ2v) is 7.88. The summed E-state index contributed by atoms with van der Waals surface area (Å²) in [6, 6.07) is 2.11. The fraction of sp³-hybridized carbons (Fsp3) is 0.500. The molecule has 1 rings (SSSR count). The first-order valence-electron chi connectivity index (χ1n) is 7.09. The summed E-state index contributed by atoms with van der Waals surface area (Å²) < 4.78 is 66.8. The Morgan fingerprint density at radius 2 is 1.92 bits per heavy atom. The smallest absolute Gasteiger partial charge is 0.383 e. The maximum absolute atomic E-state index is 12.7. The Morgan fingerprint density at radius 1 is 1.35 bits per heavy atom. The van der Waals surface area contributed by atoms with Gasteiger partial charge in [0, 0.05) is 19.9 Å². The van der Waals surface area contributed by atoms with Crippen LogP contribution in [0.2, 0.25) is 5.02 Å². The predicted octanol–water partition coefficient (Wildman–Crippen LogP) is 2.05. The van der Waals surface area contributed by atoms with E-state index in [2.05, 4.69) is 5.32 Å². The summed E-state index contributed by atoms with van der Waals surface area (Å²) in [5, 5.41) is 13.6. The van der Waals surface area contributed by atoms with Gasteiger partial charge in [0.1, 0.15) is 0 Å². The van der Waals surface area contributed by atoms with Gasteiger partial charge in [0.15, 0.2) is 9.84 Å². The predicted molar refractivity (Wildman–Crippen MR) is 90.2 cm³/mol. The number of benzene rings is 1. The van der Waals surface area contributed by atoms with Gasteiger partial charge in [-0.2, -0.15) is 13.2 Å². The zero-order chi connectivity index (χ0) is 20.3. The molecule has 1 amide bonds. The number of nitrogens with one attached hydrogen (secondary N) is 2. The van der Waals surface area contributed by atoms with Crippen molar-refractivity contribution in [2.45, 2.75) is 23.6 Å². The highest BCUT2D eigenvalue weighted by Gasteiger charge is 2.55. The van der Waals surface area contributed by atoms with Crippen LogP contribution in [0, 0.1) is 0 Å². The highest BCUT2D eigenvalue weighted by molar-refractivity contribution is 7.90. The normalized spacial score (nSPS) is 14.6. The number of methoxy groups -OCH3 is 1. The molecule has 0 aromatic heterocycles. The van der Waals surface area contributed by atoms with Gasteiger partial charge in [0.25, 0.3) is 5.91 Å². The minimum atomic E-state index is -5.21. The van der Waals surface area contributed by atoms with Crippen molar-refractivity contribution in [3.63, 3.8) is 0 Å². The van der Waals surface area contributed by atoms with Crippen molar-refractivity contribution in [2.75, 3.05) is 37.2 Å². The fourth-order valence-corrected chi connectivity index (χ4v) is 2.97. The van der Waals surface area contributed by atoms with Crippen molar-refractivity contribution in [3.8, 4) is 0 Å². The molecule has 0 aliphatic rings. The highest BCUT2D eigenvalue weighted by Crippen LogP contribution is 2.37. The topological polar surface area (TPSA) is 105 Å². The van der Waals surface area contributed by atoms with Crippen LogP contribution in [0.15, 0.2) is 17.0 Å². The largest absolute Gasteiger partial charge is 0.426 e.